The Kier molecular flexibility index (Phi) is 5.37. The van der Waals surface area contributed by atoms with E-state index in [0.29, 0.717) is 35.6 Å². The molecule has 0 bridgehead atoms. The SMILES string of the molecule is Cc1ccc(CNc2ncnc(Oc3ccc(C(C)C)cc3)c2N)cc1. The summed E-state index contributed by atoms with van der Waals surface area (Å²) in [4.78, 5) is 8.38. The molecule has 5 nitrogen and oxygen atoms in total. The van der Waals surface area contributed by atoms with E-state index in [4.69, 9.17) is 10.5 Å². The number of aryl methyl sites for hydroxylation is 1. The highest BCUT2D eigenvalue weighted by Gasteiger charge is 2.10. The van der Waals surface area contributed by atoms with Crippen LogP contribution in [0.3, 0.4) is 0 Å². The first kappa shape index (κ1) is 17.7. The van der Waals surface area contributed by atoms with Crippen LogP contribution < -0.4 is 15.8 Å². The Morgan fingerprint density at radius 3 is 2.35 bits per heavy atom. The topological polar surface area (TPSA) is 73.1 Å². The second-order valence-electron chi connectivity index (χ2n) is 6.61. The van der Waals surface area contributed by atoms with E-state index in [1.807, 2.05) is 24.3 Å². The van der Waals surface area contributed by atoms with Crippen LogP contribution >= 0.6 is 0 Å². The molecule has 0 unspecified atom stereocenters. The molecular formula is C21H24N4O. The summed E-state index contributed by atoms with van der Waals surface area (Å²) in [6.07, 6.45) is 1.45. The van der Waals surface area contributed by atoms with Crippen molar-refractivity contribution in [3.8, 4) is 11.6 Å². The zero-order chi connectivity index (χ0) is 18.5. The van der Waals surface area contributed by atoms with E-state index in [1.165, 1.54) is 17.5 Å². The minimum atomic E-state index is 0.351. The predicted molar refractivity (Wildman–Crippen MR) is 106 cm³/mol. The second kappa shape index (κ2) is 7.87. The molecule has 26 heavy (non-hydrogen) atoms. The van der Waals surface area contributed by atoms with E-state index >= 15 is 0 Å². The molecule has 0 aliphatic carbocycles. The van der Waals surface area contributed by atoms with Gasteiger partial charge in [0, 0.05) is 6.54 Å². The minimum absolute atomic E-state index is 0.351. The molecule has 1 aromatic heterocycles. The molecule has 0 saturated carbocycles. The summed E-state index contributed by atoms with van der Waals surface area (Å²) in [5.41, 5.74) is 10.2. The van der Waals surface area contributed by atoms with Crippen molar-refractivity contribution in [1.82, 2.24) is 9.97 Å². The molecule has 0 radical (unpaired) electrons. The van der Waals surface area contributed by atoms with Crippen LogP contribution in [0.25, 0.3) is 0 Å². The lowest BCUT2D eigenvalue weighted by molar-refractivity contribution is 0.464. The lowest BCUT2D eigenvalue weighted by Gasteiger charge is -2.12. The lowest BCUT2D eigenvalue weighted by Crippen LogP contribution is -2.06. The number of anilines is 2. The predicted octanol–water partition coefficient (Wildman–Crippen LogP) is 4.90. The number of hydrogen-bond donors (Lipinski definition) is 2. The van der Waals surface area contributed by atoms with Gasteiger partial charge in [0.1, 0.15) is 17.8 Å². The normalized spacial score (nSPS) is 10.8. The quantitative estimate of drug-likeness (QED) is 0.663. The first-order chi connectivity index (χ1) is 12.5. The minimum Gasteiger partial charge on any atom is -0.437 e. The van der Waals surface area contributed by atoms with Crippen LogP contribution in [0.4, 0.5) is 11.5 Å². The fraction of sp³-hybridized carbons (Fsp3) is 0.238. The van der Waals surface area contributed by atoms with Crippen molar-refractivity contribution in [3.05, 3.63) is 71.5 Å². The van der Waals surface area contributed by atoms with Crippen LogP contribution in [0.5, 0.6) is 11.6 Å². The molecule has 2 aromatic carbocycles. The van der Waals surface area contributed by atoms with Gasteiger partial charge in [-0.15, -0.1) is 0 Å². The zero-order valence-electron chi connectivity index (χ0n) is 15.4. The van der Waals surface area contributed by atoms with E-state index < -0.39 is 0 Å². The van der Waals surface area contributed by atoms with Crippen molar-refractivity contribution < 1.29 is 4.74 Å². The summed E-state index contributed by atoms with van der Waals surface area (Å²) in [5, 5.41) is 3.24. The Morgan fingerprint density at radius 2 is 1.69 bits per heavy atom. The molecule has 1 heterocycles. The maximum Gasteiger partial charge on any atom is 0.248 e. The summed E-state index contributed by atoms with van der Waals surface area (Å²) in [7, 11) is 0. The number of aromatic nitrogens is 2. The van der Waals surface area contributed by atoms with Gasteiger partial charge in [0.25, 0.3) is 0 Å². The van der Waals surface area contributed by atoms with Crippen LogP contribution in [-0.2, 0) is 6.54 Å². The van der Waals surface area contributed by atoms with E-state index in [1.54, 1.807) is 0 Å². The maximum atomic E-state index is 6.19. The van der Waals surface area contributed by atoms with E-state index in [0.717, 1.165) is 5.56 Å². The van der Waals surface area contributed by atoms with Gasteiger partial charge >= 0.3 is 0 Å². The molecule has 0 amide bonds. The first-order valence-corrected chi connectivity index (χ1v) is 8.70. The highest BCUT2D eigenvalue weighted by atomic mass is 16.5. The van der Waals surface area contributed by atoms with Gasteiger partial charge in [-0.05, 0) is 36.1 Å². The monoisotopic (exact) mass is 348 g/mol. The van der Waals surface area contributed by atoms with Gasteiger partial charge in [0.05, 0.1) is 0 Å². The number of nitrogens with one attached hydrogen (secondary N) is 1. The Labute approximate surface area is 154 Å². The van der Waals surface area contributed by atoms with Gasteiger partial charge in [-0.1, -0.05) is 55.8 Å². The molecule has 0 saturated heterocycles. The van der Waals surface area contributed by atoms with E-state index in [-0.39, 0.29) is 0 Å². The third-order valence-electron chi connectivity index (χ3n) is 4.19. The number of ether oxygens (including phenoxy) is 1. The standard InChI is InChI=1S/C21H24N4O/c1-14(2)17-8-10-18(11-9-17)26-21-19(22)20(24-13-25-21)23-12-16-6-4-15(3)5-7-16/h4-11,13-14H,12,22H2,1-3H3,(H,23,24,25). The average Bonchev–Trinajstić information content (AvgIpc) is 2.64. The molecule has 0 fully saturated rings. The van der Waals surface area contributed by atoms with Gasteiger partial charge < -0.3 is 15.8 Å². The number of benzene rings is 2. The summed E-state index contributed by atoms with van der Waals surface area (Å²) in [5.74, 6) is 2.09. The molecule has 0 aliphatic rings. The third-order valence-corrected chi connectivity index (χ3v) is 4.19. The van der Waals surface area contributed by atoms with Crippen molar-refractivity contribution in [1.29, 1.82) is 0 Å². The van der Waals surface area contributed by atoms with Crippen molar-refractivity contribution in [2.24, 2.45) is 0 Å². The number of hydrogen-bond acceptors (Lipinski definition) is 5. The lowest BCUT2D eigenvalue weighted by atomic mass is 10.0. The molecule has 0 aliphatic heterocycles. The van der Waals surface area contributed by atoms with Crippen molar-refractivity contribution >= 4 is 11.5 Å². The van der Waals surface area contributed by atoms with Crippen LogP contribution in [0.1, 0.15) is 36.5 Å². The summed E-state index contributed by atoms with van der Waals surface area (Å²) in [6, 6.07) is 16.3. The van der Waals surface area contributed by atoms with Gasteiger partial charge in [0.2, 0.25) is 5.88 Å². The third kappa shape index (κ3) is 4.30. The molecule has 3 aromatic rings. The molecule has 3 rings (SSSR count). The fourth-order valence-corrected chi connectivity index (χ4v) is 2.53. The Morgan fingerprint density at radius 1 is 1.00 bits per heavy atom. The van der Waals surface area contributed by atoms with Crippen LogP contribution in [0.15, 0.2) is 54.9 Å². The van der Waals surface area contributed by atoms with Gasteiger partial charge in [-0.2, -0.15) is 4.98 Å². The Hall–Kier alpha value is -3.08. The van der Waals surface area contributed by atoms with E-state index in [9.17, 15) is 0 Å². The fourth-order valence-electron chi connectivity index (χ4n) is 2.53. The van der Waals surface area contributed by atoms with Crippen LogP contribution in [-0.4, -0.2) is 9.97 Å². The van der Waals surface area contributed by atoms with Crippen LogP contribution in [0.2, 0.25) is 0 Å². The van der Waals surface area contributed by atoms with Crippen molar-refractivity contribution in [2.45, 2.75) is 33.2 Å². The molecule has 134 valence electrons. The maximum absolute atomic E-state index is 6.19. The molecule has 0 spiro atoms. The van der Waals surface area contributed by atoms with E-state index in [2.05, 4.69) is 60.3 Å². The number of nitrogen functional groups attached to an aromatic ring is 1. The molecule has 0 atom stereocenters. The summed E-state index contributed by atoms with van der Waals surface area (Å²) >= 11 is 0. The molecule has 3 N–H and O–H groups in total. The number of nitrogens with zero attached hydrogens (tertiary/aromatic N) is 2. The van der Waals surface area contributed by atoms with Gasteiger partial charge in [-0.25, -0.2) is 4.98 Å². The summed E-state index contributed by atoms with van der Waals surface area (Å²) in [6.45, 7) is 7.01. The Bertz CT molecular complexity index is 858. The second-order valence-corrected chi connectivity index (χ2v) is 6.61. The van der Waals surface area contributed by atoms with Gasteiger partial charge in [0.15, 0.2) is 5.82 Å². The van der Waals surface area contributed by atoms with Crippen LogP contribution in [0, 0.1) is 6.92 Å². The smallest absolute Gasteiger partial charge is 0.248 e. The van der Waals surface area contributed by atoms with Crippen molar-refractivity contribution in [3.63, 3.8) is 0 Å². The zero-order valence-corrected chi connectivity index (χ0v) is 15.4. The van der Waals surface area contributed by atoms with Gasteiger partial charge in [-0.3, -0.25) is 0 Å². The summed E-state index contributed by atoms with van der Waals surface area (Å²) < 4.78 is 5.84. The highest BCUT2D eigenvalue weighted by molar-refractivity contribution is 5.67. The number of rotatable bonds is 6. The Balaban J connectivity index is 1.71. The van der Waals surface area contributed by atoms with Crippen molar-refractivity contribution in [2.75, 3.05) is 11.1 Å². The number of nitrogens with two attached hydrogens (primary N) is 1. The highest BCUT2D eigenvalue weighted by Crippen LogP contribution is 2.30. The first-order valence-electron chi connectivity index (χ1n) is 8.70. The molecular weight excluding hydrogens is 324 g/mol. The average molecular weight is 348 g/mol. The largest absolute Gasteiger partial charge is 0.437 e. The molecule has 5 heteroatoms.